The Kier molecular flexibility index (Phi) is 4.77. The van der Waals surface area contributed by atoms with Gasteiger partial charge in [-0.3, -0.25) is 4.98 Å². The zero-order valence-corrected chi connectivity index (χ0v) is 11.8. The van der Waals surface area contributed by atoms with Crippen LogP contribution >= 0.6 is 11.6 Å². The van der Waals surface area contributed by atoms with Gasteiger partial charge in [-0.1, -0.05) is 17.7 Å². The molecule has 2 N–H and O–H groups in total. The van der Waals surface area contributed by atoms with Crippen molar-refractivity contribution >= 4 is 17.3 Å². The fraction of sp³-hybridized carbons (Fsp3) is 0.267. The molecule has 0 aliphatic carbocycles. The molecule has 2 aromatic rings. The topological polar surface area (TPSA) is 42.2 Å². The normalized spacial score (nSPS) is 10.9. The number of rotatable bonds is 5. The third-order valence-corrected chi connectivity index (χ3v) is 3.35. The van der Waals surface area contributed by atoms with Crippen LogP contribution in [-0.2, 0) is 13.0 Å². The number of nitrogen functional groups attached to an aromatic ring is 1. The average Bonchev–Trinajstić information content (AvgIpc) is 2.42. The molecule has 0 fully saturated rings. The molecule has 0 spiro atoms. The second-order valence-corrected chi connectivity index (χ2v) is 5.07. The van der Waals surface area contributed by atoms with Crippen LogP contribution in [0, 0.1) is 0 Å². The summed E-state index contributed by atoms with van der Waals surface area (Å²) in [5, 5.41) is 0.763. The van der Waals surface area contributed by atoms with E-state index in [9.17, 15) is 0 Å². The number of halogens is 1. The molecular weight excluding hydrogens is 258 g/mol. The van der Waals surface area contributed by atoms with Crippen molar-refractivity contribution in [1.82, 2.24) is 9.88 Å². The minimum atomic E-state index is 0.748. The van der Waals surface area contributed by atoms with Crippen LogP contribution in [0.4, 0.5) is 5.69 Å². The number of nitrogens with two attached hydrogens (primary N) is 1. The fourth-order valence-corrected chi connectivity index (χ4v) is 2.11. The largest absolute Gasteiger partial charge is 0.399 e. The van der Waals surface area contributed by atoms with E-state index in [4.69, 9.17) is 17.3 Å². The predicted octanol–water partition coefficient (Wildman–Crippen LogP) is 2.99. The van der Waals surface area contributed by atoms with Crippen molar-refractivity contribution in [2.45, 2.75) is 13.0 Å². The van der Waals surface area contributed by atoms with E-state index >= 15 is 0 Å². The van der Waals surface area contributed by atoms with Gasteiger partial charge < -0.3 is 10.6 Å². The van der Waals surface area contributed by atoms with Gasteiger partial charge in [0.25, 0.3) is 0 Å². The van der Waals surface area contributed by atoms with Crippen molar-refractivity contribution in [3.63, 3.8) is 0 Å². The van der Waals surface area contributed by atoms with Crippen LogP contribution in [0.25, 0.3) is 0 Å². The molecule has 0 unspecified atom stereocenters. The number of nitrogens with zero attached hydrogens (tertiary/aromatic N) is 2. The van der Waals surface area contributed by atoms with Gasteiger partial charge in [-0.05, 0) is 42.9 Å². The van der Waals surface area contributed by atoms with Gasteiger partial charge in [-0.2, -0.15) is 0 Å². The van der Waals surface area contributed by atoms with Gasteiger partial charge >= 0.3 is 0 Å². The molecule has 2 rings (SSSR count). The van der Waals surface area contributed by atoms with E-state index in [0.717, 1.165) is 41.5 Å². The maximum Gasteiger partial charge on any atom is 0.0452 e. The highest BCUT2D eigenvalue weighted by Crippen LogP contribution is 2.20. The first kappa shape index (κ1) is 13.8. The molecule has 0 amide bonds. The number of benzene rings is 1. The number of aromatic nitrogens is 1. The lowest BCUT2D eigenvalue weighted by Crippen LogP contribution is -2.21. The third-order valence-electron chi connectivity index (χ3n) is 2.99. The van der Waals surface area contributed by atoms with Crippen LogP contribution in [0.5, 0.6) is 0 Å². The minimum absolute atomic E-state index is 0.748. The molecule has 19 heavy (non-hydrogen) atoms. The number of pyridine rings is 1. The van der Waals surface area contributed by atoms with E-state index in [1.54, 1.807) is 0 Å². The molecule has 0 saturated heterocycles. The van der Waals surface area contributed by atoms with E-state index in [1.807, 2.05) is 42.6 Å². The highest BCUT2D eigenvalue weighted by atomic mass is 35.5. The Morgan fingerprint density at radius 1 is 1.26 bits per heavy atom. The fourth-order valence-electron chi connectivity index (χ4n) is 1.94. The summed E-state index contributed by atoms with van der Waals surface area (Å²) in [5.41, 5.74) is 8.69. The summed E-state index contributed by atoms with van der Waals surface area (Å²) in [6.45, 7) is 1.72. The average molecular weight is 276 g/mol. The van der Waals surface area contributed by atoms with Crippen molar-refractivity contribution in [3.8, 4) is 0 Å². The van der Waals surface area contributed by atoms with Gasteiger partial charge in [0.15, 0.2) is 0 Å². The molecule has 0 bridgehead atoms. The first-order valence-electron chi connectivity index (χ1n) is 6.27. The summed E-state index contributed by atoms with van der Waals surface area (Å²) in [6.07, 6.45) is 2.75. The lowest BCUT2D eigenvalue weighted by atomic mass is 10.2. The van der Waals surface area contributed by atoms with Crippen molar-refractivity contribution in [2.75, 3.05) is 19.3 Å². The van der Waals surface area contributed by atoms with Gasteiger partial charge in [-0.25, -0.2) is 0 Å². The monoisotopic (exact) mass is 275 g/mol. The highest BCUT2D eigenvalue weighted by Gasteiger charge is 2.05. The third kappa shape index (κ3) is 4.23. The van der Waals surface area contributed by atoms with Crippen LogP contribution in [-0.4, -0.2) is 23.5 Å². The second-order valence-electron chi connectivity index (χ2n) is 4.66. The van der Waals surface area contributed by atoms with Crippen LogP contribution in [0.2, 0.25) is 5.02 Å². The van der Waals surface area contributed by atoms with Crippen LogP contribution in [0.15, 0.2) is 42.6 Å². The Bertz CT molecular complexity index is 528. The summed E-state index contributed by atoms with van der Waals surface area (Å²) in [5.74, 6) is 0. The maximum atomic E-state index is 6.16. The van der Waals surface area contributed by atoms with Crippen LogP contribution < -0.4 is 5.73 Å². The molecular formula is C15H18ClN3. The summed E-state index contributed by atoms with van der Waals surface area (Å²) in [7, 11) is 2.07. The summed E-state index contributed by atoms with van der Waals surface area (Å²) in [4.78, 5) is 6.53. The Morgan fingerprint density at radius 2 is 2.11 bits per heavy atom. The molecule has 1 aromatic heterocycles. The van der Waals surface area contributed by atoms with Gasteiger partial charge in [0.2, 0.25) is 0 Å². The van der Waals surface area contributed by atoms with Gasteiger partial charge in [0.1, 0.15) is 0 Å². The zero-order chi connectivity index (χ0) is 13.7. The smallest absolute Gasteiger partial charge is 0.0452 e. The van der Waals surface area contributed by atoms with Crippen molar-refractivity contribution in [1.29, 1.82) is 0 Å². The Hall–Kier alpha value is -1.58. The first-order chi connectivity index (χ1) is 9.15. The van der Waals surface area contributed by atoms with E-state index in [1.165, 1.54) is 0 Å². The van der Waals surface area contributed by atoms with E-state index in [-0.39, 0.29) is 0 Å². The Morgan fingerprint density at radius 3 is 2.84 bits per heavy atom. The lowest BCUT2D eigenvalue weighted by Gasteiger charge is -2.17. The molecule has 0 atom stereocenters. The van der Waals surface area contributed by atoms with E-state index in [2.05, 4.69) is 16.9 Å². The molecule has 4 heteroatoms. The Balaban J connectivity index is 1.90. The van der Waals surface area contributed by atoms with Gasteiger partial charge in [-0.15, -0.1) is 0 Å². The summed E-state index contributed by atoms with van der Waals surface area (Å²) >= 11 is 6.16. The summed E-state index contributed by atoms with van der Waals surface area (Å²) in [6, 6.07) is 11.6. The molecule has 3 nitrogen and oxygen atoms in total. The molecule has 0 aliphatic heterocycles. The van der Waals surface area contributed by atoms with Crippen LogP contribution in [0.3, 0.4) is 0 Å². The quantitative estimate of drug-likeness (QED) is 0.853. The standard InChI is InChI=1S/C15H18ClN3/c1-19(9-7-14-4-2-3-8-18-14)11-12-10-13(17)5-6-15(12)16/h2-6,8,10H,7,9,11,17H2,1H3. The lowest BCUT2D eigenvalue weighted by molar-refractivity contribution is 0.330. The molecule has 0 saturated carbocycles. The van der Waals surface area contributed by atoms with E-state index in [0.29, 0.717) is 0 Å². The summed E-state index contributed by atoms with van der Waals surface area (Å²) < 4.78 is 0. The number of hydrogen-bond donors (Lipinski definition) is 1. The molecule has 100 valence electrons. The van der Waals surface area contributed by atoms with Crippen molar-refractivity contribution in [3.05, 3.63) is 58.9 Å². The van der Waals surface area contributed by atoms with Crippen LogP contribution in [0.1, 0.15) is 11.3 Å². The van der Waals surface area contributed by atoms with Gasteiger partial charge in [0, 0.05) is 42.1 Å². The number of anilines is 1. The molecule has 1 heterocycles. The zero-order valence-electron chi connectivity index (χ0n) is 11.0. The SMILES string of the molecule is CN(CCc1ccccn1)Cc1cc(N)ccc1Cl. The predicted molar refractivity (Wildman–Crippen MR) is 80.1 cm³/mol. The maximum absolute atomic E-state index is 6.16. The number of likely N-dealkylation sites (N-methyl/N-ethyl adjacent to an activating group) is 1. The number of hydrogen-bond acceptors (Lipinski definition) is 3. The van der Waals surface area contributed by atoms with Crippen molar-refractivity contribution < 1.29 is 0 Å². The Labute approximate surface area is 119 Å². The second kappa shape index (κ2) is 6.55. The molecule has 0 aliphatic rings. The molecule has 0 radical (unpaired) electrons. The minimum Gasteiger partial charge on any atom is -0.399 e. The van der Waals surface area contributed by atoms with Gasteiger partial charge in [0.05, 0.1) is 0 Å². The molecule has 1 aromatic carbocycles. The van der Waals surface area contributed by atoms with Crippen molar-refractivity contribution in [2.24, 2.45) is 0 Å². The first-order valence-corrected chi connectivity index (χ1v) is 6.65. The highest BCUT2D eigenvalue weighted by molar-refractivity contribution is 6.31. The van der Waals surface area contributed by atoms with E-state index < -0.39 is 0 Å².